The zero-order valence-electron chi connectivity index (χ0n) is 13.9. The third-order valence-electron chi connectivity index (χ3n) is 4.13. The van der Waals surface area contributed by atoms with Gasteiger partial charge in [0.15, 0.2) is 5.69 Å². The normalized spacial score (nSPS) is 13.4. The number of rotatable bonds is 5. The third kappa shape index (κ3) is 3.21. The summed E-state index contributed by atoms with van der Waals surface area (Å²) in [6, 6.07) is 8.93. The molecule has 25 heavy (non-hydrogen) atoms. The van der Waals surface area contributed by atoms with E-state index in [9.17, 15) is 14.7 Å². The Morgan fingerprint density at radius 1 is 1.28 bits per heavy atom. The SMILES string of the molecule is Cc1nc(C(=O)NC(C)(CC(=O)O)c2cccnc2)c2ccccn12. The van der Waals surface area contributed by atoms with E-state index in [4.69, 9.17) is 0 Å². The summed E-state index contributed by atoms with van der Waals surface area (Å²) >= 11 is 0. The van der Waals surface area contributed by atoms with Crippen LogP contribution in [0.3, 0.4) is 0 Å². The number of imidazole rings is 1. The molecule has 0 saturated carbocycles. The van der Waals surface area contributed by atoms with Gasteiger partial charge in [-0.1, -0.05) is 12.1 Å². The molecule has 0 aromatic carbocycles. The number of fused-ring (bicyclic) bond motifs is 1. The third-order valence-corrected chi connectivity index (χ3v) is 4.13. The molecule has 0 bridgehead atoms. The summed E-state index contributed by atoms with van der Waals surface area (Å²) in [5.41, 5.74) is 0.446. The van der Waals surface area contributed by atoms with Crippen LogP contribution in [0.15, 0.2) is 48.9 Å². The maximum absolute atomic E-state index is 12.8. The fraction of sp³-hybridized carbons (Fsp3) is 0.222. The molecular formula is C18H18N4O3. The summed E-state index contributed by atoms with van der Waals surface area (Å²) in [5.74, 6) is -0.760. The number of amides is 1. The smallest absolute Gasteiger partial charge is 0.306 e. The van der Waals surface area contributed by atoms with Crippen LogP contribution in [0.4, 0.5) is 0 Å². The summed E-state index contributed by atoms with van der Waals surface area (Å²) in [7, 11) is 0. The first-order valence-corrected chi connectivity index (χ1v) is 7.79. The Balaban J connectivity index is 1.99. The van der Waals surface area contributed by atoms with Crippen LogP contribution in [-0.2, 0) is 10.3 Å². The standard InChI is InChI=1S/C18H18N4O3/c1-12-20-16(14-7-3-4-9-22(12)14)17(25)21-18(2,10-15(23)24)13-6-5-8-19-11-13/h3-9,11H,10H2,1-2H3,(H,21,25)(H,23,24). The molecule has 3 aromatic heterocycles. The molecule has 0 radical (unpaired) electrons. The summed E-state index contributed by atoms with van der Waals surface area (Å²) in [4.78, 5) is 32.5. The summed E-state index contributed by atoms with van der Waals surface area (Å²) < 4.78 is 1.81. The highest BCUT2D eigenvalue weighted by atomic mass is 16.4. The Morgan fingerprint density at radius 3 is 2.76 bits per heavy atom. The number of carbonyl (C=O) groups is 2. The number of nitrogens with one attached hydrogen (secondary N) is 1. The minimum atomic E-state index is -1.10. The Morgan fingerprint density at radius 2 is 2.08 bits per heavy atom. The van der Waals surface area contributed by atoms with Crippen molar-refractivity contribution in [3.8, 4) is 0 Å². The fourth-order valence-corrected chi connectivity index (χ4v) is 2.88. The lowest BCUT2D eigenvalue weighted by molar-refractivity contribution is -0.138. The van der Waals surface area contributed by atoms with Gasteiger partial charge >= 0.3 is 5.97 Å². The van der Waals surface area contributed by atoms with Crippen molar-refractivity contribution in [3.05, 3.63) is 66.0 Å². The summed E-state index contributed by atoms with van der Waals surface area (Å²) in [6.07, 6.45) is 4.71. The zero-order valence-corrected chi connectivity index (χ0v) is 13.9. The van der Waals surface area contributed by atoms with Crippen molar-refractivity contribution >= 4 is 17.4 Å². The molecule has 7 heteroatoms. The molecular weight excluding hydrogens is 320 g/mol. The topological polar surface area (TPSA) is 96.6 Å². The van der Waals surface area contributed by atoms with Crippen molar-refractivity contribution in [1.82, 2.24) is 19.7 Å². The van der Waals surface area contributed by atoms with E-state index in [1.807, 2.05) is 22.7 Å². The molecule has 3 aromatic rings. The maximum atomic E-state index is 12.8. The number of aryl methyl sites for hydroxylation is 1. The zero-order chi connectivity index (χ0) is 18.0. The van der Waals surface area contributed by atoms with Crippen molar-refractivity contribution in [2.24, 2.45) is 0 Å². The molecule has 7 nitrogen and oxygen atoms in total. The molecule has 0 aliphatic rings. The van der Waals surface area contributed by atoms with Gasteiger partial charge in [-0.2, -0.15) is 0 Å². The molecule has 0 fully saturated rings. The molecule has 128 valence electrons. The van der Waals surface area contributed by atoms with Crippen LogP contribution in [0, 0.1) is 6.92 Å². The molecule has 0 aliphatic carbocycles. The number of pyridine rings is 2. The van der Waals surface area contributed by atoms with Gasteiger partial charge in [-0.15, -0.1) is 0 Å². The quantitative estimate of drug-likeness (QED) is 0.743. The first-order chi connectivity index (χ1) is 11.9. The van der Waals surface area contributed by atoms with E-state index in [-0.39, 0.29) is 12.1 Å². The van der Waals surface area contributed by atoms with Gasteiger partial charge in [0.1, 0.15) is 5.82 Å². The average molecular weight is 338 g/mol. The molecule has 3 rings (SSSR count). The Bertz CT molecular complexity index is 936. The van der Waals surface area contributed by atoms with Gasteiger partial charge in [-0.3, -0.25) is 14.6 Å². The van der Waals surface area contributed by atoms with E-state index in [1.165, 1.54) is 0 Å². The van der Waals surface area contributed by atoms with Crippen molar-refractivity contribution in [2.45, 2.75) is 25.8 Å². The number of nitrogens with zero attached hydrogens (tertiary/aromatic N) is 3. The number of hydrogen-bond acceptors (Lipinski definition) is 4. The monoisotopic (exact) mass is 338 g/mol. The molecule has 0 saturated heterocycles. The molecule has 3 heterocycles. The largest absolute Gasteiger partial charge is 0.481 e. The van der Waals surface area contributed by atoms with Gasteiger partial charge in [-0.25, -0.2) is 4.98 Å². The Kier molecular flexibility index (Phi) is 4.22. The highest BCUT2D eigenvalue weighted by Gasteiger charge is 2.33. The number of carboxylic acids is 1. The van der Waals surface area contributed by atoms with Gasteiger partial charge in [0.05, 0.1) is 17.5 Å². The number of carboxylic acid groups (broad SMARTS) is 1. The van der Waals surface area contributed by atoms with E-state index in [0.29, 0.717) is 16.9 Å². The Hall–Kier alpha value is -3.22. The van der Waals surface area contributed by atoms with E-state index < -0.39 is 17.4 Å². The lowest BCUT2D eigenvalue weighted by Gasteiger charge is -2.29. The van der Waals surface area contributed by atoms with Crippen molar-refractivity contribution in [1.29, 1.82) is 0 Å². The van der Waals surface area contributed by atoms with E-state index >= 15 is 0 Å². The maximum Gasteiger partial charge on any atom is 0.306 e. The lowest BCUT2D eigenvalue weighted by Crippen LogP contribution is -2.45. The molecule has 2 N–H and O–H groups in total. The average Bonchev–Trinajstić information content (AvgIpc) is 2.92. The minimum Gasteiger partial charge on any atom is -0.481 e. The second kappa shape index (κ2) is 6.35. The first kappa shape index (κ1) is 16.6. The van der Waals surface area contributed by atoms with Gasteiger partial charge in [0.25, 0.3) is 5.91 Å². The molecule has 1 atom stereocenters. The predicted octanol–water partition coefficient (Wildman–Crippen LogP) is 2.16. The first-order valence-electron chi connectivity index (χ1n) is 7.79. The van der Waals surface area contributed by atoms with E-state index in [0.717, 1.165) is 0 Å². The summed E-state index contributed by atoms with van der Waals surface area (Å²) in [6.45, 7) is 3.47. The van der Waals surface area contributed by atoms with Crippen LogP contribution < -0.4 is 5.32 Å². The highest BCUT2D eigenvalue weighted by Crippen LogP contribution is 2.25. The van der Waals surface area contributed by atoms with Crippen molar-refractivity contribution < 1.29 is 14.7 Å². The number of carbonyl (C=O) groups excluding carboxylic acids is 1. The van der Waals surface area contributed by atoms with Crippen LogP contribution in [-0.4, -0.2) is 31.4 Å². The van der Waals surface area contributed by atoms with Crippen LogP contribution in [0.2, 0.25) is 0 Å². The molecule has 1 unspecified atom stereocenters. The number of hydrogen-bond donors (Lipinski definition) is 2. The fourth-order valence-electron chi connectivity index (χ4n) is 2.88. The second-order valence-electron chi connectivity index (χ2n) is 6.06. The van der Waals surface area contributed by atoms with Gasteiger partial charge < -0.3 is 14.8 Å². The second-order valence-corrected chi connectivity index (χ2v) is 6.06. The molecule has 1 amide bonds. The van der Waals surface area contributed by atoms with Crippen LogP contribution in [0.1, 0.15) is 35.2 Å². The number of aromatic nitrogens is 3. The predicted molar refractivity (Wildman–Crippen MR) is 91.2 cm³/mol. The minimum absolute atomic E-state index is 0.263. The van der Waals surface area contributed by atoms with Crippen molar-refractivity contribution in [3.63, 3.8) is 0 Å². The Labute approximate surface area is 144 Å². The lowest BCUT2D eigenvalue weighted by atomic mass is 9.89. The van der Waals surface area contributed by atoms with Crippen LogP contribution in [0.25, 0.3) is 5.52 Å². The van der Waals surface area contributed by atoms with Crippen LogP contribution in [0.5, 0.6) is 0 Å². The highest BCUT2D eigenvalue weighted by molar-refractivity contribution is 5.99. The van der Waals surface area contributed by atoms with Crippen molar-refractivity contribution in [2.75, 3.05) is 0 Å². The number of aliphatic carboxylic acids is 1. The van der Waals surface area contributed by atoms with Gasteiger partial charge in [0, 0.05) is 18.6 Å². The van der Waals surface area contributed by atoms with E-state index in [2.05, 4.69) is 15.3 Å². The van der Waals surface area contributed by atoms with E-state index in [1.54, 1.807) is 44.4 Å². The molecule has 0 spiro atoms. The summed E-state index contributed by atoms with van der Waals surface area (Å²) in [5, 5.41) is 12.1. The van der Waals surface area contributed by atoms with Gasteiger partial charge in [-0.05, 0) is 37.6 Å². The van der Waals surface area contributed by atoms with Gasteiger partial charge in [0.2, 0.25) is 0 Å². The van der Waals surface area contributed by atoms with Crippen LogP contribution >= 0.6 is 0 Å². The molecule has 0 aliphatic heterocycles.